The fourth-order valence-electron chi connectivity index (χ4n) is 1.12. The summed E-state index contributed by atoms with van der Waals surface area (Å²) in [4.78, 5) is 11.1. The average Bonchev–Trinajstić information content (AvgIpc) is 2.20. The van der Waals surface area contributed by atoms with Gasteiger partial charge in [-0.3, -0.25) is 4.79 Å². The summed E-state index contributed by atoms with van der Waals surface area (Å²) >= 11 is 0. The molecule has 0 aromatic heterocycles. The Morgan fingerprint density at radius 2 is 1.93 bits per heavy atom. The minimum Gasteiger partial charge on any atom is -0.396 e. The Balaban J connectivity index is 3.07. The summed E-state index contributed by atoms with van der Waals surface area (Å²) in [5, 5.41) is 14.3. The molecular formula is C10H22N2O2. The van der Waals surface area contributed by atoms with Crippen LogP contribution in [0.4, 0.5) is 0 Å². The number of amides is 1. The van der Waals surface area contributed by atoms with E-state index >= 15 is 0 Å². The molecule has 3 N–H and O–H groups in total. The van der Waals surface area contributed by atoms with Crippen molar-refractivity contribution in [2.24, 2.45) is 0 Å². The molecule has 84 valence electrons. The Morgan fingerprint density at radius 1 is 1.21 bits per heavy atom. The van der Waals surface area contributed by atoms with Gasteiger partial charge in [-0.15, -0.1) is 0 Å². The summed E-state index contributed by atoms with van der Waals surface area (Å²) in [6.07, 6.45) is 3.98. The fraction of sp³-hybridized carbons (Fsp3) is 0.900. The van der Waals surface area contributed by atoms with Crippen molar-refractivity contribution in [3.8, 4) is 0 Å². The fourth-order valence-corrected chi connectivity index (χ4v) is 1.12. The molecule has 14 heavy (non-hydrogen) atoms. The van der Waals surface area contributed by atoms with Crippen molar-refractivity contribution in [3.63, 3.8) is 0 Å². The van der Waals surface area contributed by atoms with Crippen molar-refractivity contribution in [1.29, 1.82) is 0 Å². The van der Waals surface area contributed by atoms with Crippen molar-refractivity contribution in [1.82, 2.24) is 10.6 Å². The summed E-state index contributed by atoms with van der Waals surface area (Å²) in [5.41, 5.74) is 0. The lowest BCUT2D eigenvalue weighted by Gasteiger charge is -2.04. The van der Waals surface area contributed by atoms with Crippen molar-refractivity contribution in [2.75, 3.05) is 26.2 Å². The number of hydrogen-bond acceptors (Lipinski definition) is 3. The van der Waals surface area contributed by atoms with Gasteiger partial charge in [-0.05, 0) is 19.4 Å². The second-order valence-electron chi connectivity index (χ2n) is 3.27. The van der Waals surface area contributed by atoms with E-state index in [1.165, 1.54) is 0 Å². The van der Waals surface area contributed by atoms with Crippen LogP contribution >= 0.6 is 0 Å². The smallest absolute Gasteiger partial charge is 0.233 e. The van der Waals surface area contributed by atoms with E-state index in [0.717, 1.165) is 38.8 Å². The zero-order valence-corrected chi connectivity index (χ0v) is 9.01. The van der Waals surface area contributed by atoms with Gasteiger partial charge >= 0.3 is 0 Å². The number of rotatable bonds is 9. The van der Waals surface area contributed by atoms with Crippen LogP contribution in [0.15, 0.2) is 0 Å². The second kappa shape index (κ2) is 10.5. The molecule has 0 aliphatic carbocycles. The van der Waals surface area contributed by atoms with Gasteiger partial charge in [0.15, 0.2) is 0 Å². The molecule has 0 radical (unpaired) electrons. The molecule has 1 amide bonds. The van der Waals surface area contributed by atoms with Gasteiger partial charge in [0.25, 0.3) is 0 Å². The Hall–Kier alpha value is -0.610. The van der Waals surface area contributed by atoms with Crippen LogP contribution in [0, 0.1) is 0 Å². The van der Waals surface area contributed by atoms with Gasteiger partial charge in [0.2, 0.25) is 5.91 Å². The maximum absolute atomic E-state index is 11.1. The first-order valence-electron chi connectivity index (χ1n) is 5.39. The molecule has 0 atom stereocenters. The first-order chi connectivity index (χ1) is 6.81. The monoisotopic (exact) mass is 202 g/mol. The highest BCUT2D eigenvalue weighted by Gasteiger charge is 1.97. The molecule has 0 heterocycles. The summed E-state index contributed by atoms with van der Waals surface area (Å²) < 4.78 is 0. The Morgan fingerprint density at radius 3 is 2.57 bits per heavy atom. The number of carbonyl (C=O) groups is 1. The lowest BCUT2D eigenvalue weighted by Crippen LogP contribution is -2.34. The third kappa shape index (κ3) is 9.48. The van der Waals surface area contributed by atoms with Crippen LogP contribution < -0.4 is 10.6 Å². The van der Waals surface area contributed by atoms with Crippen molar-refractivity contribution < 1.29 is 9.90 Å². The maximum Gasteiger partial charge on any atom is 0.233 e. The molecular weight excluding hydrogens is 180 g/mol. The highest BCUT2D eigenvalue weighted by molar-refractivity contribution is 5.77. The van der Waals surface area contributed by atoms with Gasteiger partial charge in [-0.2, -0.15) is 0 Å². The predicted molar refractivity (Wildman–Crippen MR) is 57.1 cm³/mol. The molecule has 0 saturated carbocycles. The first-order valence-corrected chi connectivity index (χ1v) is 5.39. The summed E-state index contributed by atoms with van der Waals surface area (Å²) in [6, 6.07) is 0. The van der Waals surface area contributed by atoms with E-state index in [-0.39, 0.29) is 12.5 Å². The van der Waals surface area contributed by atoms with E-state index in [0.29, 0.717) is 6.54 Å². The molecule has 0 fully saturated rings. The normalized spacial score (nSPS) is 10.1. The van der Waals surface area contributed by atoms with Crippen LogP contribution in [0.5, 0.6) is 0 Å². The lowest BCUT2D eigenvalue weighted by molar-refractivity contribution is -0.120. The molecule has 0 rings (SSSR count). The van der Waals surface area contributed by atoms with Gasteiger partial charge in [0.1, 0.15) is 0 Å². The minimum absolute atomic E-state index is 0.0639. The van der Waals surface area contributed by atoms with E-state index in [9.17, 15) is 4.79 Å². The van der Waals surface area contributed by atoms with Crippen LogP contribution in [-0.2, 0) is 4.79 Å². The number of nitrogens with one attached hydrogen (secondary N) is 2. The molecule has 0 unspecified atom stereocenters. The van der Waals surface area contributed by atoms with Gasteiger partial charge in [-0.25, -0.2) is 0 Å². The van der Waals surface area contributed by atoms with Crippen LogP contribution in [0.1, 0.15) is 32.6 Å². The van der Waals surface area contributed by atoms with Gasteiger partial charge in [0.05, 0.1) is 6.54 Å². The molecule has 4 heteroatoms. The van der Waals surface area contributed by atoms with Crippen molar-refractivity contribution >= 4 is 5.91 Å². The Labute approximate surface area is 86.1 Å². The number of aliphatic hydroxyl groups excluding tert-OH is 1. The largest absolute Gasteiger partial charge is 0.396 e. The molecule has 0 aromatic rings. The topological polar surface area (TPSA) is 61.4 Å². The quantitative estimate of drug-likeness (QED) is 0.470. The molecule has 0 aliphatic heterocycles. The summed E-state index contributed by atoms with van der Waals surface area (Å²) in [7, 11) is 0. The van der Waals surface area contributed by atoms with Crippen LogP contribution in [0.3, 0.4) is 0 Å². The van der Waals surface area contributed by atoms with Gasteiger partial charge in [0, 0.05) is 13.2 Å². The van der Waals surface area contributed by atoms with E-state index in [1.807, 2.05) is 6.92 Å². The van der Waals surface area contributed by atoms with Crippen molar-refractivity contribution in [3.05, 3.63) is 0 Å². The number of likely N-dealkylation sites (N-methyl/N-ethyl adjacent to an activating group) is 1. The number of carbonyl (C=O) groups excluding carboxylic acids is 1. The van der Waals surface area contributed by atoms with Crippen LogP contribution in [-0.4, -0.2) is 37.3 Å². The third-order valence-electron chi connectivity index (χ3n) is 1.94. The number of unbranched alkanes of at least 4 members (excludes halogenated alkanes) is 3. The molecule has 0 bridgehead atoms. The number of aliphatic hydroxyl groups is 1. The van der Waals surface area contributed by atoms with Gasteiger partial charge in [-0.1, -0.05) is 19.8 Å². The van der Waals surface area contributed by atoms with E-state index in [2.05, 4.69) is 10.6 Å². The second-order valence-corrected chi connectivity index (χ2v) is 3.27. The highest BCUT2D eigenvalue weighted by atomic mass is 16.2. The zero-order chi connectivity index (χ0) is 10.6. The first kappa shape index (κ1) is 13.4. The van der Waals surface area contributed by atoms with Crippen LogP contribution in [0.25, 0.3) is 0 Å². The molecule has 4 nitrogen and oxygen atoms in total. The Bertz CT molecular complexity index is 140. The SMILES string of the molecule is CCNCC(=O)NCCCCCCO. The molecule has 0 aromatic carbocycles. The van der Waals surface area contributed by atoms with E-state index in [4.69, 9.17) is 5.11 Å². The highest BCUT2D eigenvalue weighted by Crippen LogP contribution is 1.97. The molecule has 0 spiro atoms. The maximum atomic E-state index is 11.1. The standard InChI is InChI=1S/C10H22N2O2/c1-2-11-9-10(14)12-7-5-3-4-6-8-13/h11,13H,2-9H2,1H3,(H,12,14). The predicted octanol–water partition coefficient (Wildman–Crippen LogP) is 0.265. The lowest BCUT2D eigenvalue weighted by atomic mass is 10.2. The minimum atomic E-state index is 0.0639. The summed E-state index contributed by atoms with van der Waals surface area (Å²) in [6.45, 7) is 4.22. The van der Waals surface area contributed by atoms with E-state index < -0.39 is 0 Å². The summed E-state index contributed by atoms with van der Waals surface area (Å²) in [5.74, 6) is 0.0639. The molecule has 0 aliphatic rings. The van der Waals surface area contributed by atoms with Gasteiger partial charge < -0.3 is 15.7 Å². The molecule has 0 saturated heterocycles. The zero-order valence-electron chi connectivity index (χ0n) is 9.01. The number of hydrogen-bond donors (Lipinski definition) is 3. The average molecular weight is 202 g/mol. The Kier molecular flexibility index (Phi) is 10.0. The van der Waals surface area contributed by atoms with Crippen LogP contribution in [0.2, 0.25) is 0 Å². The third-order valence-corrected chi connectivity index (χ3v) is 1.94. The van der Waals surface area contributed by atoms with Crippen molar-refractivity contribution in [2.45, 2.75) is 32.6 Å². The van der Waals surface area contributed by atoms with E-state index in [1.54, 1.807) is 0 Å².